The first-order valence-corrected chi connectivity index (χ1v) is 8.97. The first kappa shape index (κ1) is 11.5. The predicted molar refractivity (Wildman–Crippen MR) is 66.3 cm³/mol. The van der Waals surface area contributed by atoms with Crippen molar-refractivity contribution < 1.29 is 0 Å². The second-order valence-electron chi connectivity index (χ2n) is 5.21. The van der Waals surface area contributed by atoms with Crippen LogP contribution in [-0.2, 0) is 6.42 Å². The van der Waals surface area contributed by atoms with Gasteiger partial charge in [0.15, 0.2) is 0 Å². The second-order valence-corrected chi connectivity index (χ2v) is 10.7. The van der Waals surface area contributed by atoms with Gasteiger partial charge in [0.1, 0.15) is 0 Å². The maximum absolute atomic E-state index is 6.13. The standard InChI is InChI=1S/C12H21NSi/c1-14(2,3)10-12(13)9-11-7-5-4-6-8-11/h4-8,12H,9-10,13H2,1-3H3. The van der Waals surface area contributed by atoms with E-state index in [1.807, 2.05) is 6.07 Å². The molecule has 0 aromatic heterocycles. The van der Waals surface area contributed by atoms with E-state index in [4.69, 9.17) is 5.73 Å². The Morgan fingerprint density at radius 3 is 2.21 bits per heavy atom. The molecule has 0 aliphatic carbocycles. The number of benzene rings is 1. The van der Waals surface area contributed by atoms with E-state index in [0.717, 1.165) is 6.42 Å². The molecule has 0 aliphatic rings. The van der Waals surface area contributed by atoms with Gasteiger partial charge in [0.05, 0.1) is 0 Å². The Balaban J connectivity index is 2.46. The summed E-state index contributed by atoms with van der Waals surface area (Å²) >= 11 is 0. The van der Waals surface area contributed by atoms with E-state index < -0.39 is 8.07 Å². The molecule has 1 unspecified atom stereocenters. The molecule has 0 radical (unpaired) electrons. The molecule has 0 aliphatic heterocycles. The summed E-state index contributed by atoms with van der Waals surface area (Å²) in [6.07, 6.45) is 1.02. The van der Waals surface area contributed by atoms with Gasteiger partial charge in [0.25, 0.3) is 0 Å². The van der Waals surface area contributed by atoms with Crippen LogP contribution in [0.2, 0.25) is 25.7 Å². The summed E-state index contributed by atoms with van der Waals surface area (Å²) < 4.78 is 0. The van der Waals surface area contributed by atoms with Crippen molar-refractivity contribution in [3.8, 4) is 0 Å². The van der Waals surface area contributed by atoms with Crippen LogP contribution in [0.5, 0.6) is 0 Å². The van der Waals surface area contributed by atoms with Crippen LogP contribution in [0.4, 0.5) is 0 Å². The highest BCUT2D eigenvalue weighted by Gasteiger charge is 2.17. The van der Waals surface area contributed by atoms with Gasteiger partial charge in [-0.25, -0.2) is 0 Å². The smallest absolute Gasteiger partial charge is 0.0458 e. The first-order chi connectivity index (χ1) is 6.47. The summed E-state index contributed by atoms with van der Waals surface area (Å²) in [5.74, 6) is 0. The lowest BCUT2D eigenvalue weighted by Gasteiger charge is -2.21. The van der Waals surface area contributed by atoms with Crippen molar-refractivity contribution in [1.29, 1.82) is 0 Å². The fourth-order valence-electron chi connectivity index (χ4n) is 1.78. The third kappa shape index (κ3) is 4.58. The van der Waals surface area contributed by atoms with Crippen LogP contribution in [0.1, 0.15) is 5.56 Å². The highest BCUT2D eigenvalue weighted by atomic mass is 28.3. The van der Waals surface area contributed by atoms with Gasteiger partial charge >= 0.3 is 0 Å². The fourth-order valence-corrected chi connectivity index (χ4v) is 3.49. The molecule has 1 aromatic rings. The highest BCUT2D eigenvalue weighted by Crippen LogP contribution is 2.13. The van der Waals surface area contributed by atoms with Crippen LogP contribution in [0, 0.1) is 0 Å². The molecule has 14 heavy (non-hydrogen) atoms. The van der Waals surface area contributed by atoms with Gasteiger partial charge in [-0.1, -0.05) is 50.0 Å². The second kappa shape index (κ2) is 4.76. The minimum atomic E-state index is -0.999. The molecule has 0 saturated carbocycles. The molecule has 0 bridgehead atoms. The SMILES string of the molecule is C[Si](C)(C)CC(N)Cc1ccccc1. The van der Waals surface area contributed by atoms with Gasteiger partial charge in [-0.05, 0) is 18.0 Å². The summed E-state index contributed by atoms with van der Waals surface area (Å²) in [5.41, 5.74) is 7.49. The Hall–Kier alpha value is -0.603. The van der Waals surface area contributed by atoms with Gasteiger partial charge < -0.3 is 5.73 Å². The Morgan fingerprint density at radius 2 is 1.71 bits per heavy atom. The van der Waals surface area contributed by atoms with E-state index in [1.54, 1.807) is 0 Å². The van der Waals surface area contributed by atoms with Gasteiger partial charge in [-0.15, -0.1) is 0 Å². The van der Waals surface area contributed by atoms with E-state index in [-0.39, 0.29) is 0 Å². The van der Waals surface area contributed by atoms with Crippen LogP contribution in [-0.4, -0.2) is 14.1 Å². The third-order valence-electron chi connectivity index (χ3n) is 2.22. The van der Waals surface area contributed by atoms with Crippen molar-refractivity contribution in [3.05, 3.63) is 35.9 Å². The predicted octanol–water partition coefficient (Wildman–Crippen LogP) is 2.89. The molecule has 78 valence electrons. The highest BCUT2D eigenvalue weighted by molar-refractivity contribution is 6.76. The number of rotatable bonds is 4. The van der Waals surface area contributed by atoms with E-state index in [1.165, 1.54) is 11.6 Å². The molecule has 1 atom stereocenters. The average molecular weight is 207 g/mol. The zero-order valence-corrected chi connectivity index (χ0v) is 10.5. The molecule has 0 amide bonds. The monoisotopic (exact) mass is 207 g/mol. The molecule has 0 saturated heterocycles. The van der Waals surface area contributed by atoms with Crippen molar-refractivity contribution in [2.45, 2.75) is 38.1 Å². The Bertz CT molecular complexity index is 263. The fraction of sp³-hybridized carbons (Fsp3) is 0.500. The normalized spacial score (nSPS) is 14.0. The molecule has 0 heterocycles. The summed E-state index contributed by atoms with van der Waals surface area (Å²) in [4.78, 5) is 0. The van der Waals surface area contributed by atoms with Gasteiger partial charge in [0.2, 0.25) is 0 Å². The minimum absolute atomic E-state index is 0.337. The average Bonchev–Trinajstić information content (AvgIpc) is 2.02. The molecule has 2 heteroatoms. The number of hydrogen-bond donors (Lipinski definition) is 1. The van der Waals surface area contributed by atoms with E-state index in [0.29, 0.717) is 6.04 Å². The molecule has 0 fully saturated rings. The lowest BCUT2D eigenvalue weighted by atomic mass is 10.1. The van der Waals surface area contributed by atoms with Crippen LogP contribution >= 0.6 is 0 Å². The van der Waals surface area contributed by atoms with Crippen molar-refractivity contribution in [2.75, 3.05) is 0 Å². The molecular formula is C12H21NSi. The summed E-state index contributed by atoms with van der Waals surface area (Å²) in [5, 5.41) is 0. The van der Waals surface area contributed by atoms with Crippen LogP contribution in [0.3, 0.4) is 0 Å². The Kier molecular flexibility index (Phi) is 3.90. The Morgan fingerprint density at radius 1 is 1.14 bits per heavy atom. The number of nitrogens with two attached hydrogens (primary N) is 1. The van der Waals surface area contributed by atoms with E-state index >= 15 is 0 Å². The zero-order valence-electron chi connectivity index (χ0n) is 9.46. The summed E-state index contributed by atoms with van der Waals surface area (Å²) in [6, 6.07) is 12.1. The quantitative estimate of drug-likeness (QED) is 0.755. The lowest BCUT2D eigenvalue weighted by Crippen LogP contribution is -2.33. The maximum atomic E-state index is 6.13. The summed E-state index contributed by atoms with van der Waals surface area (Å²) in [7, 11) is -0.999. The number of hydrogen-bond acceptors (Lipinski definition) is 1. The van der Waals surface area contributed by atoms with Gasteiger partial charge in [-0.3, -0.25) is 0 Å². The Labute approximate surface area is 88.3 Å². The van der Waals surface area contributed by atoms with Crippen molar-refractivity contribution in [1.82, 2.24) is 0 Å². The van der Waals surface area contributed by atoms with Gasteiger partial charge in [0, 0.05) is 14.1 Å². The molecule has 2 N–H and O–H groups in total. The molecular weight excluding hydrogens is 186 g/mol. The first-order valence-electron chi connectivity index (χ1n) is 5.27. The third-order valence-corrected chi connectivity index (χ3v) is 3.96. The van der Waals surface area contributed by atoms with Crippen molar-refractivity contribution >= 4 is 8.07 Å². The lowest BCUT2D eigenvalue weighted by molar-refractivity contribution is 0.725. The largest absolute Gasteiger partial charge is 0.328 e. The topological polar surface area (TPSA) is 26.0 Å². The van der Waals surface area contributed by atoms with Gasteiger partial charge in [-0.2, -0.15) is 0 Å². The maximum Gasteiger partial charge on any atom is 0.0458 e. The van der Waals surface area contributed by atoms with E-state index in [2.05, 4.69) is 43.9 Å². The van der Waals surface area contributed by atoms with Crippen LogP contribution in [0.15, 0.2) is 30.3 Å². The van der Waals surface area contributed by atoms with Crippen molar-refractivity contribution in [2.24, 2.45) is 5.73 Å². The molecule has 1 nitrogen and oxygen atoms in total. The molecule has 1 aromatic carbocycles. The summed E-state index contributed by atoms with van der Waals surface area (Å²) in [6.45, 7) is 7.12. The van der Waals surface area contributed by atoms with Crippen LogP contribution < -0.4 is 5.73 Å². The van der Waals surface area contributed by atoms with Crippen LogP contribution in [0.25, 0.3) is 0 Å². The molecule has 1 rings (SSSR count). The minimum Gasteiger partial charge on any atom is -0.328 e. The zero-order chi connectivity index (χ0) is 10.6. The molecule has 0 spiro atoms. The van der Waals surface area contributed by atoms with E-state index in [9.17, 15) is 0 Å². The van der Waals surface area contributed by atoms with Crippen molar-refractivity contribution in [3.63, 3.8) is 0 Å².